The molecule has 96 valence electrons. The van der Waals surface area contributed by atoms with E-state index in [1.54, 1.807) is 6.92 Å². The molecule has 3 rings (SSSR count). The molecule has 0 saturated carbocycles. The van der Waals surface area contributed by atoms with Crippen molar-refractivity contribution in [3.05, 3.63) is 42.5 Å². The summed E-state index contributed by atoms with van der Waals surface area (Å²) in [6.07, 6.45) is -0.469. The molecular weight excluding hydrogens is 240 g/mol. The lowest BCUT2D eigenvalue weighted by Crippen LogP contribution is -2.34. The van der Waals surface area contributed by atoms with E-state index in [1.807, 2.05) is 42.5 Å². The van der Waals surface area contributed by atoms with Crippen molar-refractivity contribution in [2.45, 2.75) is 13.0 Å². The molecule has 1 heterocycles. The van der Waals surface area contributed by atoms with Crippen LogP contribution in [0.3, 0.4) is 0 Å². The highest BCUT2D eigenvalue weighted by atomic mass is 16.5. The summed E-state index contributed by atoms with van der Waals surface area (Å²) in [4.78, 5) is 11.5. The summed E-state index contributed by atoms with van der Waals surface area (Å²) in [6, 6.07) is 13.4. The minimum atomic E-state index is -0.469. The number of nitrogen functional groups attached to an aromatic ring is 1. The first-order valence-corrected chi connectivity index (χ1v) is 6.11. The highest BCUT2D eigenvalue weighted by molar-refractivity contribution is 5.98. The molecule has 3 N–H and O–H groups in total. The third-order valence-electron chi connectivity index (χ3n) is 3.13. The highest BCUT2D eigenvalue weighted by Crippen LogP contribution is 2.34. The zero-order valence-electron chi connectivity index (χ0n) is 10.5. The Balaban J connectivity index is 2.02. The number of fused-ring (bicyclic) bond motifs is 1. The third kappa shape index (κ3) is 2.12. The molecule has 0 aliphatic carbocycles. The first-order chi connectivity index (χ1) is 9.13. The largest absolute Gasteiger partial charge is 0.479 e. The fraction of sp³-hybridized carbons (Fsp3) is 0.133. The van der Waals surface area contributed by atoms with Crippen LogP contribution in [-0.2, 0) is 4.79 Å². The van der Waals surface area contributed by atoms with E-state index in [2.05, 4.69) is 5.32 Å². The molecule has 4 nitrogen and oxygen atoms in total. The molecule has 4 heteroatoms. The molecule has 2 aromatic carbocycles. The SMILES string of the molecule is CC1Oc2cc(-c3cccc(N)c3)ccc2NC1=O. The van der Waals surface area contributed by atoms with Crippen LogP contribution in [0, 0.1) is 0 Å². The number of hydrogen-bond acceptors (Lipinski definition) is 3. The van der Waals surface area contributed by atoms with Gasteiger partial charge < -0.3 is 15.8 Å². The van der Waals surface area contributed by atoms with Gasteiger partial charge in [-0.15, -0.1) is 0 Å². The van der Waals surface area contributed by atoms with Gasteiger partial charge in [0.15, 0.2) is 6.10 Å². The van der Waals surface area contributed by atoms with Gasteiger partial charge in [-0.3, -0.25) is 4.79 Å². The van der Waals surface area contributed by atoms with Crippen LogP contribution in [0.2, 0.25) is 0 Å². The van der Waals surface area contributed by atoms with Gasteiger partial charge in [-0.25, -0.2) is 0 Å². The van der Waals surface area contributed by atoms with Crippen LogP contribution < -0.4 is 15.8 Å². The first kappa shape index (κ1) is 11.6. The lowest BCUT2D eigenvalue weighted by Gasteiger charge is -2.23. The van der Waals surface area contributed by atoms with E-state index in [0.29, 0.717) is 11.4 Å². The van der Waals surface area contributed by atoms with E-state index in [1.165, 1.54) is 0 Å². The summed E-state index contributed by atoms with van der Waals surface area (Å²) in [6.45, 7) is 1.73. The molecule has 2 aromatic rings. The second-order valence-electron chi connectivity index (χ2n) is 4.59. The van der Waals surface area contributed by atoms with Crippen molar-refractivity contribution < 1.29 is 9.53 Å². The number of carbonyl (C=O) groups is 1. The second-order valence-corrected chi connectivity index (χ2v) is 4.59. The lowest BCUT2D eigenvalue weighted by molar-refractivity contribution is -0.122. The number of amides is 1. The van der Waals surface area contributed by atoms with Gasteiger partial charge in [0.2, 0.25) is 0 Å². The molecule has 1 atom stereocenters. The van der Waals surface area contributed by atoms with Crippen LogP contribution in [0.4, 0.5) is 11.4 Å². The monoisotopic (exact) mass is 254 g/mol. The van der Waals surface area contributed by atoms with Crippen molar-refractivity contribution in [2.75, 3.05) is 11.1 Å². The Labute approximate surface area is 111 Å². The number of hydrogen-bond donors (Lipinski definition) is 2. The molecule has 0 bridgehead atoms. The average Bonchev–Trinajstić information content (AvgIpc) is 2.39. The summed E-state index contributed by atoms with van der Waals surface area (Å²) in [7, 11) is 0. The average molecular weight is 254 g/mol. The summed E-state index contributed by atoms with van der Waals surface area (Å²) in [5.74, 6) is 0.566. The molecule has 0 spiro atoms. The zero-order valence-corrected chi connectivity index (χ0v) is 10.5. The number of rotatable bonds is 1. The van der Waals surface area contributed by atoms with Crippen LogP contribution in [-0.4, -0.2) is 12.0 Å². The van der Waals surface area contributed by atoms with Gasteiger partial charge in [0.1, 0.15) is 5.75 Å². The van der Waals surface area contributed by atoms with Crippen LogP contribution >= 0.6 is 0 Å². The zero-order chi connectivity index (χ0) is 13.4. The molecule has 0 radical (unpaired) electrons. The van der Waals surface area contributed by atoms with Crippen LogP contribution in [0.25, 0.3) is 11.1 Å². The maximum Gasteiger partial charge on any atom is 0.265 e. The van der Waals surface area contributed by atoms with Gasteiger partial charge >= 0.3 is 0 Å². The van der Waals surface area contributed by atoms with E-state index in [4.69, 9.17) is 10.5 Å². The highest BCUT2D eigenvalue weighted by Gasteiger charge is 2.23. The van der Waals surface area contributed by atoms with Gasteiger partial charge in [0.25, 0.3) is 5.91 Å². The Bertz CT molecular complexity index is 652. The Morgan fingerprint density at radius 3 is 2.74 bits per heavy atom. The minimum absolute atomic E-state index is 0.121. The third-order valence-corrected chi connectivity index (χ3v) is 3.13. The smallest absolute Gasteiger partial charge is 0.265 e. The van der Waals surface area contributed by atoms with E-state index in [9.17, 15) is 4.79 Å². The van der Waals surface area contributed by atoms with Gasteiger partial charge in [0, 0.05) is 5.69 Å². The maximum atomic E-state index is 11.5. The lowest BCUT2D eigenvalue weighted by atomic mass is 10.0. The molecule has 0 aromatic heterocycles. The standard InChI is InChI=1S/C15H14N2O2/c1-9-15(18)17-13-6-5-11(8-14(13)19-9)10-3-2-4-12(16)7-10/h2-9H,16H2,1H3,(H,17,18). The quantitative estimate of drug-likeness (QED) is 0.769. The van der Waals surface area contributed by atoms with Crippen molar-refractivity contribution in [2.24, 2.45) is 0 Å². The minimum Gasteiger partial charge on any atom is -0.479 e. The van der Waals surface area contributed by atoms with Crippen LogP contribution in [0.15, 0.2) is 42.5 Å². The molecule has 0 fully saturated rings. The van der Waals surface area contributed by atoms with E-state index < -0.39 is 6.10 Å². The van der Waals surface area contributed by atoms with Gasteiger partial charge in [-0.1, -0.05) is 18.2 Å². The molecule has 19 heavy (non-hydrogen) atoms. The fourth-order valence-electron chi connectivity index (χ4n) is 2.10. The Hall–Kier alpha value is -2.49. The van der Waals surface area contributed by atoms with Crippen molar-refractivity contribution in [1.29, 1.82) is 0 Å². The molecule has 0 saturated heterocycles. The van der Waals surface area contributed by atoms with Crippen molar-refractivity contribution in [3.63, 3.8) is 0 Å². The summed E-state index contributed by atoms with van der Waals surface area (Å²) in [5, 5.41) is 2.81. The van der Waals surface area contributed by atoms with Crippen LogP contribution in [0.5, 0.6) is 5.75 Å². The Morgan fingerprint density at radius 1 is 1.16 bits per heavy atom. The Morgan fingerprint density at radius 2 is 1.95 bits per heavy atom. The molecule has 1 unspecified atom stereocenters. The molecule has 1 amide bonds. The maximum absolute atomic E-state index is 11.5. The second kappa shape index (κ2) is 4.31. The van der Waals surface area contributed by atoms with E-state index in [-0.39, 0.29) is 5.91 Å². The topological polar surface area (TPSA) is 64.3 Å². The fourth-order valence-corrected chi connectivity index (χ4v) is 2.10. The summed E-state index contributed by atoms with van der Waals surface area (Å²) in [5.41, 5.74) is 9.24. The van der Waals surface area contributed by atoms with Crippen molar-refractivity contribution >= 4 is 17.3 Å². The normalized spacial score (nSPS) is 17.3. The summed E-state index contributed by atoms with van der Waals surface area (Å²) >= 11 is 0. The molecular formula is C15H14N2O2. The number of ether oxygens (including phenoxy) is 1. The number of benzene rings is 2. The predicted octanol–water partition coefficient (Wildman–Crippen LogP) is 2.66. The number of nitrogens with one attached hydrogen (secondary N) is 1. The number of nitrogens with two attached hydrogens (primary N) is 1. The van der Waals surface area contributed by atoms with E-state index in [0.717, 1.165) is 16.8 Å². The number of carbonyl (C=O) groups excluding carboxylic acids is 1. The van der Waals surface area contributed by atoms with Gasteiger partial charge in [-0.2, -0.15) is 0 Å². The van der Waals surface area contributed by atoms with E-state index >= 15 is 0 Å². The molecule has 1 aliphatic heterocycles. The first-order valence-electron chi connectivity index (χ1n) is 6.11. The van der Waals surface area contributed by atoms with Gasteiger partial charge in [-0.05, 0) is 42.3 Å². The molecule has 1 aliphatic rings. The Kier molecular flexibility index (Phi) is 2.63. The van der Waals surface area contributed by atoms with Crippen molar-refractivity contribution in [1.82, 2.24) is 0 Å². The number of anilines is 2. The van der Waals surface area contributed by atoms with Crippen LogP contribution in [0.1, 0.15) is 6.92 Å². The predicted molar refractivity (Wildman–Crippen MR) is 75.0 cm³/mol. The van der Waals surface area contributed by atoms with Crippen molar-refractivity contribution in [3.8, 4) is 16.9 Å². The summed E-state index contributed by atoms with van der Waals surface area (Å²) < 4.78 is 5.59. The van der Waals surface area contributed by atoms with Gasteiger partial charge in [0.05, 0.1) is 5.69 Å².